The largest absolute Gasteiger partial charge is 0.460 e. The number of nitrogens with one attached hydrogen (secondary N) is 1. The summed E-state index contributed by atoms with van der Waals surface area (Å²) < 4.78 is 456. The maximum absolute atomic E-state index is 14.5. The average molecular weight is 1040 g/mol. The summed E-state index contributed by atoms with van der Waals surface area (Å²) in [5, 5.41) is 1.21. The van der Waals surface area contributed by atoms with Crippen LogP contribution in [-0.2, 0) is 4.79 Å². The van der Waals surface area contributed by atoms with E-state index in [-0.39, 0.29) is 12.5 Å². The normalized spacial score (nSPS) is 16.3. The molecular formula is C28H13F33N2O2. The van der Waals surface area contributed by atoms with E-state index in [2.05, 4.69) is 4.99 Å². The number of carbonyl (C=O) groups excluding carboxylic acids is 2. The summed E-state index contributed by atoms with van der Waals surface area (Å²) >= 11 is 0. The summed E-state index contributed by atoms with van der Waals surface area (Å²) in [5.41, 5.74) is -1.36. The van der Waals surface area contributed by atoms with Crippen LogP contribution in [-0.4, -0.2) is 113 Å². The number of rotatable bonds is 19. The van der Waals surface area contributed by atoms with Crippen molar-refractivity contribution in [3.8, 4) is 0 Å². The second-order valence-electron chi connectivity index (χ2n) is 13.1. The van der Waals surface area contributed by atoms with Gasteiger partial charge in [-0.2, -0.15) is 150 Å². The van der Waals surface area contributed by atoms with Gasteiger partial charge in [0.2, 0.25) is 6.08 Å². The van der Waals surface area contributed by atoms with Gasteiger partial charge in [0.05, 0.1) is 5.69 Å². The third-order valence-corrected chi connectivity index (χ3v) is 8.38. The molecule has 0 aliphatic carbocycles. The zero-order valence-corrected chi connectivity index (χ0v) is 29.8. The van der Waals surface area contributed by atoms with Gasteiger partial charge in [-0.15, -0.1) is 0 Å². The second-order valence-corrected chi connectivity index (χ2v) is 13.1. The molecular weight excluding hydrogens is 1020 g/mol. The number of isocyanates is 1. The lowest BCUT2D eigenvalue weighted by atomic mass is 9.82. The summed E-state index contributed by atoms with van der Waals surface area (Å²) in [6, 6.07) is -0.596. The Morgan fingerprint density at radius 2 is 0.723 bits per heavy atom. The van der Waals surface area contributed by atoms with Gasteiger partial charge >= 0.3 is 95.0 Å². The quantitative estimate of drug-likeness (QED) is 0.0853. The van der Waals surface area contributed by atoms with Crippen molar-refractivity contribution in [1.82, 2.24) is 5.32 Å². The van der Waals surface area contributed by atoms with Crippen LogP contribution in [0.3, 0.4) is 0 Å². The number of amides is 1. The molecule has 378 valence electrons. The highest BCUT2D eigenvalue weighted by Gasteiger charge is 3.01. The molecule has 0 aliphatic heterocycles. The Kier molecular flexibility index (Phi) is 14.4. The fourth-order valence-electron chi connectivity index (χ4n) is 4.66. The van der Waals surface area contributed by atoms with Gasteiger partial charge in [-0.25, -0.2) is 4.79 Å². The Hall–Kier alpha value is -4.24. The van der Waals surface area contributed by atoms with E-state index in [1.165, 1.54) is 5.32 Å². The molecule has 0 fully saturated rings. The summed E-state index contributed by atoms with van der Waals surface area (Å²) in [6.45, 7) is 1.14. The van der Waals surface area contributed by atoms with Gasteiger partial charge in [0.15, 0.2) is 0 Å². The first-order valence-corrected chi connectivity index (χ1v) is 15.2. The molecule has 37 heteroatoms. The van der Waals surface area contributed by atoms with Crippen LogP contribution in [0.1, 0.15) is 29.3 Å². The van der Waals surface area contributed by atoms with Crippen molar-refractivity contribution in [3.05, 3.63) is 29.3 Å². The molecule has 0 aliphatic rings. The molecule has 0 saturated heterocycles. The molecule has 1 atom stereocenters. The standard InChI is InChI=1S/C28H13F33N2O2/c1-8-3-10(5-11(4-8)62-7-64)12(65)63-9(2)6-13(29,30)14(31,32)15(33,34)16(35,36)17(37,38)18(39,40)19(41,42)20(43,44)21(45,46)22(47,48)23(49,50)24(51,52)25(53,54)26(55,56)27(57,58)28(59,60)61/h3-5,9H,6H2,1-2H3,(H,63,65). The Morgan fingerprint density at radius 1 is 0.462 bits per heavy atom. The minimum Gasteiger partial charge on any atom is -0.349 e. The van der Waals surface area contributed by atoms with Gasteiger partial charge in [-0.1, -0.05) is 0 Å². The van der Waals surface area contributed by atoms with Gasteiger partial charge < -0.3 is 5.32 Å². The topological polar surface area (TPSA) is 58.5 Å². The van der Waals surface area contributed by atoms with Gasteiger partial charge in [0.1, 0.15) is 0 Å². The third kappa shape index (κ3) is 7.91. The highest BCUT2D eigenvalue weighted by molar-refractivity contribution is 5.95. The van der Waals surface area contributed by atoms with Crippen molar-refractivity contribution in [2.75, 3.05) is 0 Å². The molecule has 65 heavy (non-hydrogen) atoms. The Morgan fingerprint density at radius 3 is 0.985 bits per heavy atom. The minimum absolute atomic E-state index is 0.0314. The summed E-state index contributed by atoms with van der Waals surface area (Å²) in [7, 11) is 0. The van der Waals surface area contributed by atoms with Gasteiger partial charge in [-0.05, 0) is 37.6 Å². The molecule has 4 nitrogen and oxygen atoms in total. The van der Waals surface area contributed by atoms with Gasteiger partial charge in [-0.3, -0.25) is 4.79 Å². The summed E-state index contributed by atoms with van der Waals surface area (Å²) in [6.07, 6.45) is -10.8. The number of benzene rings is 1. The number of nitrogens with zero attached hydrogens (tertiary/aromatic N) is 1. The van der Waals surface area contributed by atoms with Crippen molar-refractivity contribution in [1.29, 1.82) is 0 Å². The van der Waals surface area contributed by atoms with E-state index in [4.69, 9.17) is 0 Å². The molecule has 0 aromatic heterocycles. The van der Waals surface area contributed by atoms with Crippen LogP contribution in [0.5, 0.6) is 0 Å². The van der Waals surface area contributed by atoms with E-state index in [1.54, 1.807) is 0 Å². The zero-order chi connectivity index (χ0) is 52.8. The lowest BCUT2D eigenvalue weighted by Crippen LogP contribution is -2.80. The molecule has 0 spiro atoms. The minimum atomic E-state index is -10.3. The maximum Gasteiger partial charge on any atom is 0.460 e. The monoisotopic (exact) mass is 1040 g/mol. The van der Waals surface area contributed by atoms with E-state index in [0.29, 0.717) is 6.07 Å². The molecule has 1 amide bonds. The highest BCUT2D eigenvalue weighted by atomic mass is 19.4. The van der Waals surface area contributed by atoms with Crippen LogP contribution in [0, 0.1) is 6.92 Å². The van der Waals surface area contributed by atoms with Crippen LogP contribution in [0.2, 0.25) is 0 Å². The first kappa shape index (κ1) is 58.8. The van der Waals surface area contributed by atoms with E-state index in [9.17, 15) is 154 Å². The number of aryl methyl sites for hydroxylation is 1. The van der Waals surface area contributed by atoms with E-state index in [1.807, 2.05) is 0 Å². The Balaban J connectivity index is 3.88. The van der Waals surface area contributed by atoms with Crippen LogP contribution < -0.4 is 5.32 Å². The lowest BCUT2D eigenvalue weighted by molar-refractivity contribution is -0.491. The highest BCUT2D eigenvalue weighted by Crippen LogP contribution is 2.70. The SMILES string of the molecule is Cc1cc(N=C=O)cc(C(=O)NC(C)CC(F)(F)C(F)(F)C(F)(F)C(F)(F)C(F)(F)C(F)(F)C(F)(F)C(F)(F)C(F)(F)C(F)(F)C(F)(F)C(F)(F)C(F)(F)C(F)(F)C(F)(F)C(F)(F)F)c1. The number of hydrogen-bond donors (Lipinski definition) is 1. The molecule has 0 radical (unpaired) electrons. The molecule has 0 heterocycles. The molecule has 0 bridgehead atoms. The maximum atomic E-state index is 14.5. The van der Waals surface area contributed by atoms with Crippen LogP contribution in [0.4, 0.5) is 151 Å². The first-order valence-electron chi connectivity index (χ1n) is 15.2. The predicted molar refractivity (Wildman–Crippen MR) is 141 cm³/mol. The smallest absolute Gasteiger partial charge is 0.349 e. The zero-order valence-electron chi connectivity index (χ0n) is 29.8. The van der Waals surface area contributed by atoms with E-state index in [0.717, 1.165) is 25.1 Å². The van der Waals surface area contributed by atoms with E-state index < -0.39 is 125 Å². The molecule has 1 aromatic rings. The van der Waals surface area contributed by atoms with Crippen molar-refractivity contribution in [2.45, 2.75) is 121 Å². The van der Waals surface area contributed by atoms with Crippen LogP contribution >= 0.6 is 0 Å². The Bertz CT molecular complexity index is 1980. The van der Waals surface area contributed by atoms with E-state index >= 15 is 0 Å². The second kappa shape index (κ2) is 15.9. The number of alkyl halides is 33. The average Bonchev–Trinajstić information content (AvgIpc) is 3.09. The molecule has 0 saturated carbocycles. The fourth-order valence-corrected chi connectivity index (χ4v) is 4.66. The van der Waals surface area contributed by atoms with Gasteiger partial charge in [0, 0.05) is 18.0 Å². The van der Waals surface area contributed by atoms with Gasteiger partial charge in [0.25, 0.3) is 5.91 Å². The van der Waals surface area contributed by atoms with Crippen molar-refractivity contribution in [3.63, 3.8) is 0 Å². The van der Waals surface area contributed by atoms with Crippen LogP contribution in [0.25, 0.3) is 0 Å². The summed E-state index contributed by atoms with van der Waals surface area (Å²) in [4.78, 5) is 25.7. The molecule has 1 N–H and O–H groups in total. The van der Waals surface area contributed by atoms with Crippen molar-refractivity contribution in [2.24, 2.45) is 4.99 Å². The molecule has 1 unspecified atom stereocenters. The number of halogens is 33. The van der Waals surface area contributed by atoms with Crippen molar-refractivity contribution >= 4 is 17.7 Å². The third-order valence-electron chi connectivity index (χ3n) is 8.38. The number of carbonyl (C=O) groups is 1. The first-order chi connectivity index (χ1) is 28.0. The number of aliphatic imine (C=N–C) groups is 1. The lowest BCUT2D eigenvalue weighted by Gasteiger charge is -2.47. The molecule has 1 rings (SSSR count). The summed E-state index contributed by atoms with van der Waals surface area (Å²) in [5.74, 6) is -146. The van der Waals surface area contributed by atoms with Crippen molar-refractivity contribution < 1.29 is 154 Å². The Labute approximate surface area is 334 Å². The predicted octanol–water partition coefficient (Wildman–Crippen LogP) is 12.6. The fraction of sp³-hybridized carbons (Fsp3) is 0.714. The molecule has 1 aromatic carbocycles. The number of hydrogen-bond acceptors (Lipinski definition) is 3. The van der Waals surface area contributed by atoms with Crippen LogP contribution in [0.15, 0.2) is 23.2 Å².